The van der Waals surface area contributed by atoms with Crippen LogP contribution in [0.15, 0.2) is 17.2 Å². The van der Waals surface area contributed by atoms with Gasteiger partial charge in [-0.25, -0.2) is 4.79 Å². The fourth-order valence-corrected chi connectivity index (χ4v) is 1.80. The molecule has 21 heavy (non-hydrogen) atoms. The second-order valence-corrected chi connectivity index (χ2v) is 5.09. The minimum atomic E-state index is -1.35. The highest BCUT2D eigenvalue weighted by Crippen LogP contribution is 2.07. The Morgan fingerprint density at radius 3 is 2.33 bits per heavy atom. The summed E-state index contributed by atoms with van der Waals surface area (Å²) in [5.41, 5.74) is -1.40. The van der Waals surface area contributed by atoms with Crippen molar-refractivity contribution in [3.63, 3.8) is 0 Å². The smallest absolute Gasteiger partial charge is 0.341 e. The Labute approximate surface area is 122 Å². The normalized spacial score (nSPS) is 12.2. The molecule has 0 bridgehead atoms. The van der Waals surface area contributed by atoms with Crippen LogP contribution in [0.5, 0.6) is 0 Å². The summed E-state index contributed by atoms with van der Waals surface area (Å²) in [4.78, 5) is 35.3. The van der Waals surface area contributed by atoms with Crippen LogP contribution in [0.1, 0.15) is 47.5 Å². The van der Waals surface area contributed by atoms with Crippen molar-refractivity contribution in [2.45, 2.75) is 32.9 Å². The number of pyridine rings is 1. The molecule has 1 aromatic heterocycles. The number of hydrogen-bond acceptors (Lipinski definition) is 4. The maximum atomic E-state index is 12.1. The molecule has 0 aliphatic carbocycles. The first-order valence-corrected chi connectivity index (χ1v) is 6.56. The van der Waals surface area contributed by atoms with Crippen molar-refractivity contribution in [3.05, 3.63) is 33.7 Å². The molecule has 0 unspecified atom stereocenters. The highest BCUT2D eigenvalue weighted by Gasteiger charge is 2.20. The predicted octanol–water partition coefficient (Wildman–Crippen LogP) is 0.892. The molecule has 0 radical (unpaired) electrons. The molecule has 1 rings (SSSR count). The molecule has 2 N–H and O–H groups in total. The van der Waals surface area contributed by atoms with E-state index in [-0.39, 0.29) is 17.6 Å². The van der Waals surface area contributed by atoms with Crippen LogP contribution in [-0.2, 0) is 4.74 Å². The Morgan fingerprint density at radius 2 is 1.86 bits per heavy atom. The van der Waals surface area contributed by atoms with E-state index in [0.717, 1.165) is 0 Å². The van der Waals surface area contributed by atoms with Gasteiger partial charge in [0.2, 0.25) is 5.43 Å². The fraction of sp³-hybridized carbons (Fsp3) is 0.500. The van der Waals surface area contributed by atoms with Crippen molar-refractivity contribution in [3.8, 4) is 0 Å². The van der Waals surface area contributed by atoms with Crippen LogP contribution in [0.3, 0.4) is 0 Å². The number of rotatable bonds is 6. The van der Waals surface area contributed by atoms with Crippen molar-refractivity contribution >= 4 is 11.9 Å². The number of nitrogens with one attached hydrogen (secondary N) is 1. The first kappa shape index (κ1) is 16.9. The third-order valence-corrected chi connectivity index (χ3v) is 2.91. The number of nitrogens with zero attached hydrogens (tertiary/aromatic N) is 1. The zero-order valence-corrected chi connectivity index (χ0v) is 12.5. The van der Waals surface area contributed by atoms with E-state index in [1.54, 1.807) is 6.92 Å². The number of amides is 1. The summed E-state index contributed by atoms with van der Waals surface area (Å²) in [6.45, 7) is 5.67. The van der Waals surface area contributed by atoms with Gasteiger partial charge in [0.1, 0.15) is 11.1 Å². The summed E-state index contributed by atoms with van der Waals surface area (Å²) in [7, 11) is 1.50. The van der Waals surface area contributed by atoms with E-state index in [0.29, 0.717) is 6.61 Å². The van der Waals surface area contributed by atoms with Gasteiger partial charge in [-0.2, -0.15) is 0 Å². The number of aromatic nitrogens is 1. The van der Waals surface area contributed by atoms with Crippen LogP contribution in [0.4, 0.5) is 0 Å². The molecule has 7 nitrogen and oxygen atoms in total. The van der Waals surface area contributed by atoms with Gasteiger partial charge in [-0.3, -0.25) is 9.59 Å². The molecule has 0 aliphatic heterocycles. The third kappa shape index (κ3) is 4.16. The molecule has 0 spiro atoms. The van der Waals surface area contributed by atoms with Gasteiger partial charge in [0, 0.05) is 31.6 Å². The topological polar surface area (TPSA) is 97.6 Å². The average Bonchev–Trinajstić information content (AvgIpc) is 2.38. The molecule has 1 atom stereocenters. The van der Waals surface area contributed by atoms with Gasteiger partial charge in [0.15, 0.2) is 0 Å². The monoisotopic (exact) mass is 296 g/mol. The van der Waals surface area contributed by atoms with E-state index >= 15 is 0 Å². The average molecular weight is 296 g/mol. The standard InChI is InChI=1S/C14H20N2O5/c1-8(2)16-5-10(12(17)11(6-16)14(19)20)13(18)15-9(3)7-21-4/h5-6,8-9H,7H2,1-4H3,(H,15,18)(H,19,20)/t9-/m1/s1. The lowest BCUT2D eigenvalue weighted by Gasteiger charge is -2.16. The summed E-state index contributed by atoms with van der Waals surface area (Å²) in [6, 6.07) is -0.366. The van der Waals surface area contributed by atoms with Gasteiger partial charge in [-0.05, 0) is 20.8 Å². The van der Waals surface area contributed by atoms with Crippen LogP contribution in [0.25, 0.3) is 0 Å². The summed E-state index contributed by atoms with van der Waals surface area (Å²) in [5.74, 6) is -1.96. The number of aromatic carboxylic acids is 1. The first-order valence-electron chi connectivity index (χ1n) is 6.56. The molecular formula is C14H20N2O5. The van der Waals surface area contributed by atoms with Crippen LogP contribution in [-0.4, -0.2) is 41.3 Å². The quantitative estimate of drug-likeness (QED) is 0.812. The molecule has 0 aromatic carbocycles. The van der Waals surface area contributed by atoms with E-state index in [9.17, 15) is 14.4 Å². The SMILES string of the molecule is COC[C@@H](C)NC(=O)c1cn(C(C)C)cc(C(=O)O)c1=O. The molecule has 1 aromatic rings. The minimum absolute atomic E-state index is 0.0772. The van der Waals surface area contributed by atoms with Gasteiger partial charge in [-0.1, -0.05) is 0 Å². The Balaban J connectivity index is 3.25. The summed E-state index contributed by atoms with van der Waals surface area (Å²) in [6.07, 6.45) is 2.61. The Bertz CT molecular complexity index is 592. The Morgan fingerprint density at radius 1 is 1.29 bits per heavy atom. The third-order valence-electron chi connectivity index (χ3n) is 2.91. The van der Waals surface area contributed by atoms with Gasteiger partial charge in [0.05, 0.1) is 6.61 Å². The van der Waals surface area contributed by atoms with Crippen LogP contribution < -0.4 is 10.7 Å². The Hall–Kier alpha value is -2.15. The van der Waals surface area contributed by atoms with E-state index in [1.807, 2.05) is 13.8 Å². The summed E-state index contributed by atoms with van der Waals surface area (Å²) in [5, 5.41) is 11.7. The van der Waals surface area contributed by atoms with Crippen LogP contribution in [0.2, 0.25) is 0 Å². The molecule has 0 saturated heterocycles. The number of hydrogen-bond donors (Lipinski definition) is 2. The number of methoxy groups -OCH3 is 1. The fourth-order valence-electron chi connectivity index (χ4n) is 1.80. The van der Waals surface area contributed by atoms with E-state index < -0.39 is 22.9 Å². The van der Waals surface area contributed by atoms with Crippen molar-refractivity contribution < 1.29 is 19.4 Å². The molecule has 1 amide bonds. The number of carbonyl (C=O) groups is 2. The number of carbonyl (C=O) groups excluding carboxylic acids is 1. The lowest BCUT2D eigenvalue weighted by molar-refractivity contribution is 0.0694. The zero-order chi connectivity index (χ0) is 16.2. The van der Waals surface area contributed by atoms with E-state index in [2.05, 4.69) is 5.32 Å². The number of carboxylic acid groups (broad SMARTS) is 1. The van der Waals surface area contributed by atoms with Gasteiger partial charge in [-0.15, -0.1) is 0 Å². The second-order valence-electron chi connectivity index (χ2n) is 5.09. The van der Waals surface area contributed by atoms with Crippen molar-refractivity contribution in [1.82, 2.24) is 9.88 Å². The molecule has 0 saturated carbocycles. The van der Waals surface area contributed by atoms with E-state index in [1.165, 1.54) is 24.1 Å². The molecule has 7 heteroatoms. The number of carboxylic acids is 1. The van der Waals surface area contributed by atoms with Gasteiger partial charge in [0.25, 0.3) is 5.91 Å². The molecule has 0 aliphatic rings. The maximum Gasteiger partial charge on any atom is 0.341 e. The van der Waals surface area contributed by atoms with E-state index in [4.69, 9.17) is 9.84 Å². The van der Waals surface area contributed by atoms with Crippen LogP contribution in [0, 0.1) is 0 Å². The van der Waals surface area contributed by atoms with Crippen molar-refractivity contribution in [2.24, 2.45) is 0 Å². The largest absolute Gasteiger partial charge is 0.477 e. The van der Waals surface area contributed by atoms with Crippen molar-refractivity contribution in [2.75, 3.05) is 13.7 Å². The molecule has 1 heterocycles. The predicted molar refractivity (Wildman–Crippen MR) is 76.9 cm³/mol. The maximum absolute atomic E-state index is 12.1. The highest BCUT2D eigenvalue weighted by atomic mass is 16.5. The van der Waals surface area contributed by atoms with Gasteiger partial charge < -0.3 is 19.7 Å². The molecule has 0 fully saturated rings. The first-order chi connectivity index (χ1) is 9.77. The summed E-state index contributed by atoms with van der Waals surface area (Å²) >= 11 is 0. The lowest BCUT2D eigenvalue weighted by atomic mass is 10.1. The molecular weight excluding hydrogens is 276 g/mol. The molecule has 116 valence electrons. The Kier molecular flexibility index (Phi) is 5.66. The van der Waals surface area contributed by atoms with Crippen molar-refractivity contribution in [1.29, 1.82) is 0 Å². The highest BCUT2D eigenvalue weighted by molar-refractivity contribution is 5.97. The lowest BCUT2D eigenvalue weighted by Crippen LogP contribution is -2.39. The number of ether oxygens (including phenoxy) is 1. The van der Waals surface area contributed by atoms with Gasteiger partial charge >= 0.3 is 5.97 Å². The summed E-state index contributed by atoms with van der Waals surface area (Å²) < 4.78 is 6.43. The minimum Gasteiger partial charge on any atom is -0.477 e. The second kappa shape index (κ2) is 7.03. The van der Waals surface area contributed by atoms with Crippen LogP contribution >= 0.6 is 0 Å². The zero-order valence-electron chi connectivity index (χ0n) is 12.5.